The third-order valence-corrected chi connectivity index (χ3v) is 5.15. The Balaban J connectivity index is 1.51. The van der Waals surface area contributed by atoms with Crippen molar-refractivity contribution in [1.82, 2.24) is 10.3 Å². The molecule has 4 heteroatoms. The highest BCUT2D eigenvalue weighted by molar-refractivity contribution is 14.1. The van der Waals surface area contributed by atoms with Crippen LogP contribution in [0.15, 0.2) is 6.20 Å². The SMILES string of the molecule is Ic1cnc(CNC2C3CCCC32)s1. The van der Waals surface area contributed by atoms with E-state index in [1.165, 1.54) is 27.2 Å². The molecule has 3 rings (SSSR count). The Morgan fingerprint density at radius 3 is 2.93 bits per heavy atom. The van der Waals surface area contributed by atoms with Gasteiger partial charge in [0, 0.05) is 12.6 Å². The molecule has 2 atom stereocenters. The van der Waals surface area contributed by atoms with Crippen molar-refractivity contribution >= 4 is 33.9 Å². The Labute approximate surface area is 102 Å². The molecule has 0 amide bonds. The first-order chi connectivity index (χ1) is 6.84. The molecule has 0 saturated heterocycles. The van der Waals surface area contributed by atoms with Gasteiger partial charge in [-0.1, -0.05) is 6.42 Å². The largest absolute Gasteiger partial charge is 0.307 e. The number of fused-ring (bicyclic) bond motifs is 1. The number of nitrogens with one attached hydrogen (secondary N) is 1. The molecule has 2 nitrogen and oxygen atoms in total. The molecule has 1 aromatic heterocycles. The number of rotatable bonds is 3. The van der Waals surface area contributed by atoms with Crippen LogP contribution in [0, 0.1) is 14.7 Å². The molecule has 1 aromatic rings. The summed E-state index contributed by atoms with van der Waals surface area (Å²) in [6.45, 7) is 0.978. The molecule has 0 aliphatic heterocycles. The van der Waals surface area contributed by atoms with Crippen molar-refractivity contribution in [3.05, 3.63) is 14.1 Å². The minimum absolute atomic E-state index is 0.824. The summed E-state index contributed by atoms with van der Waals surface area (Å²) in [6.07, 6.45) is 6.33. The molecule has 2 unspecified atom stereocenters. The van der Waals surface area contributed by atoms with Crippen LogP contribution >= 0.6 is 33.9 Å². The monoisotopic (exact) mass is 320 g/mol. The van der Waals surface area contributed by atoms with Gasteiger partial charge in [0.05, 0.1) is 9.08 Å². The summed E-state index contributed by atoms with van der Waals surface area (Å²) in [5, 5.41) is 4.87. The van der Waals surface area contributed by atoms with Crippen molar-refractivity contribution < 1.29 is 0 Å². The molecule has 0 aromatic carbocycles. The second kappa shape index (κ2) is 3.72. The number of aromatic nitrogens is 1. The smallest absolute Gasteiger partial charge is 0.107 e. The minimum atomic E-state index is 0.824. The molecule has 14 heavy (non-hydrogen) atoms. The summed E-state index contributed by atoms with van der Waals surface area (Å²) < 4.78 is 1.29. The first kappa shape index (κ1) is 9.54. The number of halogens is 1. The lowest BCUT2D eigenvalue weighted by molar-refractivity contribution is 0.559. The van der Waals surface area contributed by atoms with Gasteiger partial charge in [-0.05, 0) is 47.3 Å². The number of thiazole rings is 1. The van der Waals surface area contributed by atoms with Gasteiger partial charge in [-0.25, -0.2) is 4.98 Å². The van der Waals surface area contributed by atoms with E-state index < -0.39 is 0 Å². The Hall–Kier alpha value is 0.320. The fraction of sp³-hybridized carbons (Fsp3) is 0.700. The van der Waals surface area contributed by atoms with Crippen LogP contribution in [0.2, 0.25) is 0 Å². The third kappa shape index (κ3) is 1.72. The van der Waals surface area contributed by atoms with Gasteiger partial charge >= 0.3 is 0 Å². The Morgan fingerprint density at radius 2 is 2.29 bits per heavy atom. The highest BCUT2D eigenvalue weighted by atomic mass is 127. The van der Waals surface area contributed by atoms with Gasteiger partial charge in [-0.3, -0.25) is 0 Å². The summed E-state index contributed by atoms with van der Waals surface area (Å²) in [4.78, 5) is 4.36. The van der Waals surface area contributed by atoms with Gasteiger partial charge in [0.2, 0.25) is 0 Å². The zero-order chi connectivity index (χ0) is 9.54. The van der Waals surface area contributed by atoms with Crippen LogP contribution in [0.3, 0.4) is 0 Å². The summed E-state index contributed by atoms with van der Waals surface area (Å²) >= 11 is 4.13. The Bertz CT molecular complexity index is 329. The predicted octanol–water partition coefficient (Wildman–Crippen LogP) is 2.64. The van der Waals surface area contributed by atoms with Gasteiger partial charge in [-0.2, -0.15) is 0 Å². The molecule has 2 aliphatic carbocycles. The lowest BCUT2D eigenvalue weighted by Gasteiger charge is -2.03. The quantitative estimate of drug-likeness (QED) is 0.866. The summed E-state index contributed by atoms with van der Waals surface area (Å²) in [6, 6.07) is 0.824. The number of hydrogen-bond donors (Lipinski definition) is 1. The van der Waals surface area contributed by atoms with E-state index in [0.29, 0.717) is 0 Å². The highest BCUT2D eigenvalue weighted by Gasteiger charge is 2.51. The lowest BCUT2D eigenvalue weighted by atomic mass is 10.2. The predicted molar refractivity (Wildman–Crippen MR) is 66.3 cm³/mol. The van der Waals surface area contributed by atoms with Gasteiger partial charge in [0.25, 0.3) is 0 Å². The van der Waals surface area contributed by atoms with Crippen LogP contribution in [-0.2, 0) is 6.54 Å². The summed E-state index contributed by atoms with van der Waals surface area (Å²) in [5.41, 5.74) is 0. The molecule has 1 N–H and O–H groups in total. The van der Waals surface area contributed by atoms with E-state index in [4.69, 9.17) is 0 Å². The number of hydrogen-bond acceptors (Lipinski definition) is 3. The third-order valence-electron chi connectivity index (χ3n) is 3.42. The average molecular weight is 320 g/mol. The fourth-order valence-corrected chi connectivity index (χ4v) is 4.19. The molecule has 0 bridgehead atoms. The highest BCUT2D eigenvalue weighted by Crippen LogP contribution is 2.51. The molecule has 1 heterocycles. The van der Waals surface area contributed by atoms with Gasteiger partial charge in [0.15, 0.2) is 0 Å². The van der Waals surface area contributed by atoms with E-state index in [-0.39, 0.29) is 0 Å². The van der Waals surface area contributed by atoms with Crippen LogP contribution in [-0.4, -0.2) is 11.0 Å². The molecule has 2 saturated carbocycles. The van der Waals surface area contributed by atoms with Crippen LogP contribution < -0.4 is 5.32 Å². The topological polar surface area (TPSA) is 24.9 Å². The average Bonchev–Trinajstić information content (AvgIpc) is 2.59. The van der Waals surface area contributed by atoms with E-state index in [9.17, 15) is 0 Å². The maximum Gasteiger partial charge on any atom is 0.107 e. The molecular weight excluding hydrogens is 307 g/mol. The van der Waals surface area contributed by atoms with Crippen molar-refractivity contribution in [2.24, 2.45) is 11.8 Å². The van der Waals surface area contributed by atoms with Gasteiger partial charge < -0.3 is 5.32 Å². The summed E-state index contributed by atoms with van der Waals surface area (Å²) in [5.74, 6) is 2.02. The molecule has 0 spiro atoms. The van der Waals surface area contributed by atoms with Crippen molar-refractivity contribution in [1.29, 1.82) is 0 Å². The fourth-order valence-electron chi connectivity index (χ4n) is 2.70. The number of nitrogens with zero attached hydrogens (tertiary/aromatic N) is 1. The van der Waals surface area contributed by atoms with Crippen molar-refractivity contribution in [3.8, 4) is 0 Å². The zero-order valence-electron chi connectivity index (χ0n) is 7.87. The van der Waals surface area contributed by atoms with Crippen molar-refractivity contribution in [3.63, 3.8) is 0 Å². The first-order valence-corrected chi connectivity index (χ1v) is 7.08. The second-order valence-corrected chi connectivity index (χ2v) is 7.23. The van der Waals surface area contributed by atoms with E-state index in [0.717, 1.165) is 24.4 Å². The Kier molecular flexibility index (Phi) is 2.53. The zero-order valence-corrected chi connectivity index (χ0v) is 10.8. The maximum absolute atomic E-state index is 4.36. The van der Waals surface area contributed by atoms with Crippen molar-refractivity contribution in [2.75, 3.05) is 0 Å². The minimum Gasteiger partial charge on any atom is -0.307 e. The second-order valence-electron chi connectivity index (χ2n) is 4.22. The van der Waals surface area contributed by atoms with Crippen LogP contribution in [0.25, 0.3) is 0 Å². The van der Waals surface area contributed by atoms with E-state index in [1.54, 1.807) is 11.3 Å². The molecule has 2 fully saturated rings. The van der Waals surface area contributed by atoms with E-state index >= 15 is 0 Å². The summed E-state index contributed by atoms with van der Waals surface area (Å²) in [7, 11) is 0. The van der Waals surface area contributed by atoms with E-state index in [2.05, 4.69) is 32.9 Å². The van der Waals surface area contributed by atoms with Crippen LogP contribution in [0.5, 0.6) is 0 Å². The normalized spacial score (nSPS) is 34.5. The standard InChI is InChI=1S/C10H13IN2S/c11-8-4-12-9(14-8)5-13-10-6-2-1-3-7(6)10/h4,6-7,10,13H,1-3,5H2. The van der Waals surface area contributed by atoms with Gasteiger partial charge in [0.1, 0.15) is 5.01 Å². The molecule has 2 aliphatic rings. The van der Waals surface area contributed by atoms with Gasteiger partial charge in [-0.15, -0.1) is 11.3 Å². The molecule has 0 radical (unpaired) electrons. The molecule has 76 valence electrons. The Morgan fingerprint density at radius 1 is 1.50 bits per heavy atom. The van der Waals surface area contributed by atoms with Crippen molar-refractivity contribution in [2.45, 2.75) is 31.8 Å². The molecular formula is C10H13IN2S. The maximum atomic E-state index is 4.36. The van der Waals surface area contributed by atoms with E-state index in [1.807, 2.05) is 6.20 Å². The first-order valence-electron chi connectivity index (χ1n) is 5.18. The lowest BCUT2D eigenvalue weighted by Crippen LogP contribution is -2.19. The van der Waals surface area contributed by atoms with Crippen LogP contribution in [0.4, 0.5) is 0 Å². The van der Waals surface area contributed by atoms with Crippen LogP contribution in [0.1, 0.15) is 24.3 Å².